The zero-order valence-electron chi connectivity index (χ0n) is 12.0. The first-order chi connectivity index (χ1) is 10.9. The second-order valence-electron chi connectivity index (χ2n) is 5.33. The normalized spacial score (nSPS) is 14.7. The lowest BCUT2D eigenvalue weighted by Gasteiger charge is -2.27. The zero-order chi connectivity index (χ0) is 14.8. The molecule has 0 aliphatic carbocycles. The number of hydrogen-bond acceptors (Lipinski definition) is 6. The highest BCUT2D eigenvalue weighted by Gasteiger charge is 2.19. The van der Waals surface area contributed by atoms with Crippen molar-refractivity contribution in [2.45, 2.75) is 19.5 Å². The summed E-state index contributed by atoms with van der Waals surface area (Å²) in [6.07, 6.45) is 9.57. The maximum Gasteiger partial charge on any atom is 0.162 e. The zero-order valence-corrected chi connectivity index (χ0v) is 12.0. The first-order valence-electron chi connectivity index (χ1n) is 7.23. The molecule has 4 rings (SSSR count). The lowest BCUT2D eigenvalue weighted by atomic mass is 10.1. The van der Waals surface area contributed by atoms with Crippen LogP contribution in [0.5, 0.6) is 0 Å². The van der Waals surface area contributed by atoms with Crippen LogP contribution in [0.2, 0.25) is 0 Å². The Morgan fingerprint density at radius 3 is 2.91 bits per heavy atom. The van der Waals surface area contributed by atoms with Crippen LogP contribution in [0, 0.1) is 0 Å². The summed E-state index contributed by atoms with van der Waals surface area (Å²) in [6.45, 7) is 2.60. The van der Waals surface area contributed by atoms with Gasteiger partial charge in [0.1, 0.15) is 12.1 Å². The summed E-state index contributed by atoms with van der Waals surface area (Å²) in [5, 5.41) is 0. The number of fused-ring (bicyclic) bond motifs is 1. The van der Waals surface area contributed by atoms with Gasteiger partial charge in [0.15, 0.2) is 5.82 Å². The van der Waals surface area contributed by atoms with Crippen LogP contribution in [0.4, 0.5) is 0 Å². The smallest absolute Gasteiger partial charge is 0.162 e. The highest BCUT2D eigenvalue weighted by atomic mass is 16.3. The van der Waals surface area contributed by atoms with Gasteiger partial charge in [-0.05, 0) is 24.1 Å². The molecule has 0 radical (unpaired) electrons. The summed E-state index contributed by atoms with van der Waals surface area (Å²) < 4.78 is 5.43. The van der Waals surface area contributed by atoms with E-state index in [1.165, 1.54) is 11.9 Å². The van der Waals surface area contributed by atoms with Gasteiger partial charge in [-0.1, -0.05) is 0 Å². The third kappa shape index (κ3) is 2.60. The van der Waals surface area contributed by atoms with Gasteiger partial charge in [-0.3, -0.25) is 4.90 Å². The SMILES string of the molecule is c1coc(CN2CCc3cnc(-c4cncnc4)nc3C2)c1. The Kier molecular flexibility index (Phi) is 3.36. The van der Waals surface area contributed by atoms with Crippen LogP contribution in [0.1, 0.15) is 17.0 Å². The maximum absolute atomic E-state index is 5.43. The number of furan rings is 1. The van der Waals surface area contributed by atoms with Crippen molar-refractivity contribution in [2.75, 3.05) is 6.54 Å². The molecule has 0 amide bonds. The predicted molar refractivity (Wildman–Crippen MR) is 79.6 cm³/mol. The monoisotopic (exact) mass is 293 g/mol. The largest absolute Gasteiger partial charge is 0.468 e. The van der Waals surface area contributed by atoms with Gasteiger partial charge in [0.25, 0.3) is 0 Å². The minimum Gasteiger partial charge on any atom is -0.468 e. The van der Waals surface area contributed by atoms with Crippen LogP contribution >= 0.6 is 0 Å². The molecule has 0 spiro atoms. The van der Waals surface area contributed by atoms with Crippen molar-refractivity contribution in [3.63, 3.8) is 0 Å². The van der Waals surface area contributed by atoms with Crippen LogP contribution in [-0.4, -0.2) is 31.4 Å². The molecule has 0 saturated heterocycles. The van der Waals surface area contributed by atoms with Gasteiger partial charge in [-0.15, -0.1) is 0 Å². The Hall–Kier alpha value is -2.60. The van der Waals surface area contributed by atoms with Crippen molar-refractivity contribution in [1.82, 2.24) is 24.8 Å². The molecule has 6 heteroatoms. The van der Waals surface area contributed by atoms with Crippen molar-refractivity contribution in [2.24, 2.45) is 0 Å². The van der Waals surface area contributed by atoms with Gasteiger partial charge < -0.3 is 4.42 Å². The summed E-state index contributed by atoms with van der Waals surface area (Å²) >= 11 is 0. The Bertz CT molecular complexity index is 757. The van der Waals surface area contributed by atoms with E-state index in [-0.39, 0.29) is 0 Å². The van der Waals surface area contributed by atoms with Crippen molar-refractivity contribution in [3.05, 3.63) is 60.3 Å². The fourth-order valence-corrected chi connectivity index (χ4v) is 2.67. The van der Waals surface area contributed by atoms with E-state index in [0.717, 1.165) is 43.1 Å². The summed E-state index contributed by atoms with van der Waals surface area (Å²) in [5.41, 5.74) is 3.14. The molecule has 3 aromatic rings. The average molecular weight is 293 g/mol. The van der Waals surface area contributed by atoms with Crippen LogP contribution in [0.15, 0.2) is 47.7 Å². The van der Waals surface area contributed by atoms with E-state index in [4.69, 9.17) is 9.40 Å². The Morgan fingerprint density at radius 2 is 2.09 bits per heavy atom. The standard InChI is InChI=1S/C16H15N5O/c1-2-14(22-5-1)9-21-4-3-12-8-19-16(20-15(12)10-21)13-6-17-11-18-7-13/h1-2,5-8,11H,3-4,9-10H2. The molecular weight excluding hydrogens is 278 g/mol. The fraction of sp³-hybridized carbons (Fsp3) is 0.250. The first-order valence-corrected chi connectivity index (χ1v) is 7.23. The van der Waals surface area contributed by atoms with Gasteiger partial charge >= 0.3 is 0 Å². The summed E-state index contributed by atoms with van der Waals surface area (Å²) in [5.74, 6) is 1.66. The summed E-state index contributed by atoms with van der Waals surface area (Å²) in [4.78, 5) is 19.5. The molecule has 1 aliphatic rings. The topological polar surface area (TPSA) is 67.9 Å². The second-order valence-corrected chi connectivity index (χ2v) is 5.33. The number of nitrogens with zero attached hydrogens (tertiary/aromatic N) is 5. The molecule has 0 saturated carbocycles. The fourth-order valence-electron chi connectivity index (χ4n) is 2.67. The predicted octanol–water partition coefficient (Wildman–Crippen LogP) is 2.08. The number of hydrogen-bond donors (Lipinski definition) is 0. The van der Waals surface area contributed by atoms with E-state index in [1.807, 2.05) is 18.3 Å². The minimum absolute atomic E-state index is 0.680. The third-order valence-corrected chi connectivity index (χ3v) is 3.80. The van der Waals surface area contributed by atoms with E-state index >= 15 is 0 Å². The number of aromatic nitrogens is 4. The van der Waals surface area contributed by atoms with Crippen molar-refractivity contribution >= 4 is 0 Å². The van der Waals surface area contributed by atoms with E-state index < -0.39 is 0 Å². The molecule has 22 heavy (non-hydrogen) atoms. The highest BCUT2D eigenvalue weighted by molar-refractivity contribution is 5.52. The lowest BCUT2D eigenvalue weighted by molar-refractivity contribution is 0.222. The van der Waals surface area contributed by atoms with E-state index in [2.05, 4.69) is 19.9 Å². The molecule has 0 aromatic carbocycles. The second kappa shape index (κ2) is 5.65. The highest BCUT2D eigenvalue weighted by Crippen LogP contribution is 2.21. The quantitative estimate of drug-likeness (QED) is 0.736. The molecule has 4 heterocycles. The molecule has 0 atom stereocenters. The van der Waals surface area contributed by atoms with Gasteiger partial charge in [-0.25, -0.2) is 19.9 Å². The van der Waals surface area contributed by atoms with Gasteiger partial charge in [0.2, 0.25) is 0 Å². The average Bonchev–Trinajstić information content (AvgIpc) is 3.08. The first kappa shape index (κ1) is 13.1. The van der Waals surface area contributed by atoms with Crippen LogP contribution in [0.3, 0.4) is 0 Å². The van der Waals surface area contributed by atoms with Crippen molar-refractivity contribution < 1.29 is 4.42 Å². The van der Waals surface area contributed by atoms with Crippen LogP contribution in [-0.2, 0) is 19.5 Å². The Balaban J connectivity index is 1.58. The molecule has 1 aliphatic heterocycles. The number of rotatable bonds is 3. The van der Waals surface area contributed by atoms with E-state index in [9.17, 15) is 0 Å². The van der Waals surface area contributed by atoms with Gasteiger partial charge in [-0.2, -0.15) is 0 Å². The molecular formula is C16H15N5O. The molecule has 3 aromatic heterocycles. The molecule has 6 nitrogen and oxygen atoms in total. The van der Waals surface area contributed by atoms with Gasteiger partial charge in [0, 0.05) is 31.7 Å². The molecule has 0 fully saturated rings. The lowest BCUT2D eigenvalue weighted by Crippen LogP contribution is -2.30. The van der Waals surface area contributed by atoms with Gasteiger partial charge in [0.05, 0.1) is 24.1 Å². The molecule has 0 unspecified atom stereocenters. The minimum atomic E-state index is 0.680. The molecule has 110 valence electrons. The summed E-state index contributed by atoms with van der Waals surface area (Å²) in [7, 11) is 0. The summed E-state index contributed by atoms with van der Waals surface area (Å²) in [6, 6.07) is 3.92. The maximum atomic E-state index is 5.43. The Morgan fingerprint density at radius 1 is 1.18 bits per heavy atom. The van der Waals surface area contributed by atoms with Crippen LogP contribution < -0.4 is 0 Å². The van der Waals surface area contributed by atoms with E-state index in [0.29, 0.717) is 5.82 Å². The van der Waals surface area contributed by atoms with Crippen molar-refractivity contribution in [1.29, 1.82) is 0 Å². The Labute approximate surface area is 127 Å². The molecule has 0 N–H and O–H groups in total. The van der Waals surface area contributed by atoms with Crippen molar-refractivity contribution in [3.8, 4) is 11.4 Å². The van der Waals surface area contributed by atoms with E-state index in [1.54, 1.807) is 18.7 Å². The van der Waals surface area contributed by atoms with Crippen LogP contribution in [0.25, 0.3) is 11.4 Å². The third-order valence-electron chi connectivity index (χ3n) is 3.80. The molecule has 0 bridgehead atoms.